The molecule has 1 heterocycles. The maximum absolute atomic E-state index is 13.3. The Morgan fingerprint density at radius 2 is 2.00 bits per heavy atom. The normalized spacial score (nSPS) is 21.4. The summed E-state index contributed by atoms with van der Waals surface area (Å²) in [6, 6.07) is 12.2. The molecule has 0 unspecified atom stereocenters. The van der Waals surface area contributed by atoms with Crippen LogP contribution < -0.4 is 4.74 Å². The summed E-state index contributed by atoms with van der Waals surface area (Å²) in [4.78, 5) is 12.2. The van der Waals surface area contributed by atoms with Gasteiger partial charge in [0.1, 0.15) is 11.6 Å². The van der Waals surface area contributed by atoms with E-state index in [1.54, 1.807) is 24.3 Å². The van der Waals surface area contributed by atoms with E-state index in [0.717, 1.165) is 35.4 Å². The molecule has 0 aromatic heterocycles. The number of aryl methyl sites for hydroxylation is 1. The minimum absolute atomic E-state index is 0.105. The lowest BCUT2D eigenvalue weighted by atomic mass is 9.77. The second-order valence-electron chi connectivity index (χ2n) is 6.51. The molecular formula is C20H19FN2O2. The first-order valence-corrected chi connectivity index (χ1v) is 8.39. The third-order valence-electron chi connectivity index (χ3n) is 5.06. The van der Waals surface area contributed by atoms with Crippen LogP contribution in [-0.2, 0) is 11.2 Å². The highest BCUT2D eigenvalue weighted by Crippen LogP contribution is 2.43. The molecule has 0 bridgehead atoms. The third kappa shape index (κ3) is 2.60. The number of hydrogen-bond acceptors (Lipinski definition) is 3. The van der Waals surface area contributed by atoms with E-state index >= 15 is 0 Å². The smallest absolute Gasteiger partial charge is 0.240 e. The first-order valence-electron chi connectivity index (χ1n) is 8.39. The summed E-state index contributed by atoms with van der Waals surface area (Å²) in [6.07, 6.45) is 1.80. The van der Waals surface area contributed by atoms with Gasteiger partial charge in [-0.1, -0.05) is 12.1 Å². The summed E-state index contributed by atoms with van der Waals surface area (Å²) in [7, 11) is 1.66. The summed E-state index contributed by atoms with van der Waals surface area (Å²) in [5.74, 6) is 0.564. The maximum Gasteiger partial charge on any atom is 0.240 e. The average molecular weight is 338 g/mol. The summed E-state index contributed by atoms with van der Waals surface area (Å²) >= 11 is 0. The molecule has 128 valence electrons. The molecule has 5 heteroatoms. The van der Waals surface area contributed by atoms with Crippen LogP contribution in [0.3, 0.4) is 0 Å². The first kappa shape index (κ1) is 15.8. The second-order valence-corrected chi connectivity index (χ2v) is 6.51. The molecule has 1 amide bonds. The second kappa shape index (κ2) is 5.99. The quantitative estimate of drug-likeness (QED) is 0.838. The van der Waals surface area contributed by atoms with Crippen molar-refractivity contribution in [1.29, 1.82) is 0 Å². The standard InChI is InChI=1S/C20H19FN2O2/c1-12(24)23-20(13-3-6-15(21)7-4-13)18-9-5-14-11-16(25-2)8-10-17(14)19(18)22-23/h3-4,6-8,10-11,18,20H,5,9H2,1-2H3/t18-,20-/m1/s1. The SMILES string of the molecule is COc1ccc2c(c1)CC[C@@H]1C2=NN(C(C)=O)[C@@H]1c1ccc(F)cc1. The summed E-state index contributed by atoms with van der Waals surface area (Å²) in [5, 5.41) is 6.20. The van der Waals surface area contributed by atoms with Crippen LogP contribution in [0.2, 0.25) is 0 Å². The van der Waals surface area contributed by atoms with Gasteiger partial charge in [-0.3, -0.25) is 4.79 Å². The molecule has 2 aromatic carbocycles. The van der Waals surface area contributed by atoms with Crippen molar-refractivity contribution >= 4 is 11.6 Å². The fraction of sp³-hybridized carbons (Fsp3) is 0.300. The number of carbonyl (C=O) groups is 1. The Labute approximate surface area is 145 Å². The Morgan fingerprint density at radius 1 is 1.24 bits per heavy atom. The van der Waals surface area contributed by atoms with E-state index in [4.69, 9.17) is 4.74 Å². The van der Waals surface area contributed by atoms with Crippen LogP contribution in [0.5, 0.6) is 5.75 Å². The zero-order valence-corrected chi connectivity index (χ0v) is 14.2. The molecule has 1 aliphatic carbocycles. The van der Waals surface area contributed by atoms with E-state index in [1.807, 2.05) is 18.2 Å². The molecule has 0 fully saturated rings. The van der Waals surface area contributed by atoms with Crippen molar-refractivity contribution in [3.8, 4) is 5.75 Å². The minimum atomic E-state index is -0.279. The zero-order chi connectivity index (χ0) is 17.6. The van der Waals surface area contributed by atoms with Crippen molar-refractivity contribution in [1.82, 2.24) is 5.01 Å². The number of halogens is 1. The number of hydrogen-bond donors (Lipinski definition) is 0. The highest BCUT2D eigenvalue weighted by Gasteiger charge is 2.43. The molecule has 1 aliphatic heterocycles. The highest BCUT2D eigenvalue weighted by molar-refractivity contribution is 6.06. The topological polar surface area (TPSA) is 41.9 Å². The van der Waals surface area contributed by atoms with Crippen molar-refractivity contribution in [2.24, 2.45) is 11.0 Å². The van der Waals surface area contributed by atoms with Crippen LogP contribution >= 0.6 is 0 Å². The summed E-state index contributed by atoms with van der Waals surface area (Å²) in [6.45, 7) is 1.52. The van der Waals surface area contributed by atoms with Gasteiger partial charge in [0.25, 0.3) is 0 Å². The lowest BCUT2D eigenvalue weighted by molar-refractivity contribution is -0.131. The molecule has 4 rings (SSSR count). The molecule has 2 atom stereocenters. The highest BCUT2D eigenvalue weighted by atomic mass is 19.1. The van der Waals surface area contributed by atoms with Crippen molar-refractivity contribution in [3.63, 3.8) is 0 Å². The van der Waals surface area contributed by atoms with Gasteiger partial charge in [0.15, 0.2) is 0 Å². The fourth-order valence-electron chi connectivity index (χ4n) is 3.89. The van der Waals surface area contributed by atoms with Gasteiger partial charge in [0.2, 0.25) is 5.91 Å². The van der Waals surface area contributed by atoms with Crippen LogP contribution in [0.4, 0.5) is 4.39 Å². The number of nitrogens with zero attached hydrogens (tertiary/aromatic N) is 2. The fourth-order valence-corrected chi connectivity index (χ4v) is 3.89. The number of fused-ring (bicyclic) bond motifs is 3. The Kier molecular flexibility index (Phi) is 3.79. The summed E-state index contributed by atoms with van der Waals surface area (Å²) < 4.78 is 18.6. The number of benzene rings is 2. The molecule has 0 saturated heterocycles. The third-order valence-corrected chi connectivity index (χ3v) is 5.06. The van der Waals surface area contributed by atoms with Crippen molar-refractivity contribution in [3.05, 3.63) is 65.0 Å². The van der Waals surface area contributed by atoms with Gasteiger partial charge < -0.3 is 4.74 Å². The Bertz CT molecular complexity index is 860. The van der Waals surface area contributed by atoms with Gasteiger partial charge in [0, 0.05) is 18.4 Å². The molecular weight excluding hydrogens is 319 g/mol. The van der Waals surface area contributed by atoms with E-state index < -0.39 is 0 Å². The van der Waals surface area contributed by atoms with E-state index in [0.29, 0.717) is 0 Å². The van der Waals surface area contributed by atoms with Crippen LogP contribution in [0.15, 0.2) is 47.6 Å². The van der Waals surface area contributed by atoms with Crippen LogP contribution in [0, 0.1) is 11.7 Å². The minimum Gasteiger partial charge on any atom is -0.497 e. The number of methoxy groups -OCH3 is 1. The molecule has 2 aromatic rings. The lowest BCUT2D eigenvalue weighted by Gasteiger charge is -2.29. The van der Waals surface area contributed by atoms with E-state index in [9.17, 15) is 9.18 Å². The van der Waals surface area contributed by atoms with Gasteiger partial charge in [-0.05, 0) is 54.3 Å². The Morgan fingerprint density at radius 3 is 2.68 bits per heavy atom. The van der Waals surface area contributed by atoms with Gasteiger partial charge in [-0.2, -0.15) is 5.10 Å². The Balaban J connectivity index is 1.78. The number of rotatable bonds is 2. The van der Waals surface area contributed by atoms with E-state index in [1.165, 1.54) is 24.6 Å². The predicted molar refractivity (Wildman–Crippen MR) is 93.0 cm³/mol. The zero-order valence-electron chi connectivity index (χ0n) is 14.2. The molecule has 0 spiro atoms. The van der Waals surface area contributed by atoms with Gasteiger partial charge in [-0.25, -0.2) is 9.40 Å². The molecule has 0 N–H and O–H groups in total. The number of carbonyl (C=O) groups excluding carboxylic acids is 1. The van der Waals surface area contributed by atoms with Gasteiger partial charge >= 0.3 is 0 Å². The summed E-state index contributed by atoms with van der Waals surface area (Å²) in [5.41, 5.74) is 4.12. The molecule has 2 aliphatic rings. The van der Waals surface area contributed by atoms with Crippen LogP contribution in [0.25, 0.3) is 0 Å². The first-order chi connectivity index (χ1) is 12.1. The maximum atomic E-state index is 13.3. The van der Waals surface area contributed by atoms with Crippen LogP contribution in [0.1, 0.15) is 36.1 Å². The van der Waals surface area contributed by atoms with Crippen molar-refractivity contribution < 1.29 is 13.9 Å². The number of ether oxygens (including phenoxy) is 1. The largest absolute Gasteiger partial charge is 0.497 e. The van der Waals surface area contributed by atoms with Gasteiger partial charge in [-0.15, -0.1) is 0 Å². The Hall–Kier alpha value is -2.69. The predicted octanol–water partition coefficient (Wildman–Crippen LogP) is 3.70. The molecule has 0 radical (unpaired) electrons. The molecule has 0 saturated carbocycles. The van der Waals surface area contributed by atoms with Crippen molar-refractivity contribution in [2.75, 3.05) is 7.11 Å². The van der Waals surface area contributed by atoms with E-state index in [2.05, 4.69) is 5.10 Å². The van der Waals surface area contributed by atoms with Gasteiger partial charge in [0.05, 0.1) is 18.9 Å². The monoisotopic (exact) mass is 338 g/mol. The number of amides is 1. The molecule has 4 nitrogen and oxygen atoms in total. The van der Waals surface area contributed by atoms with Crippen molar-refractivity contribution in [2.45, 2.75) is 25.8 Å². The lowest BCUT2D eigenvalue weighted by Crippen LogP contribution is -2.31. The van der Waals surface area contributed by atoms with Crippen LogP contribution in [-0.4, -0.2) is 23.7 Å². The average Bonchev–Trinajstić information content (AvgIpc) is 3.02. The number of hydrazone groups is 1. The van der Waals surface area contributed by atoms with E-state index in [-0.39, 0.29) is 23.7 Å². The molecule has 25 heavy (non-hydrogen) atoms.